The van der Waals surface area contributed by atoms with E-state index in [0.29, 0.717) is 12.8 Å². The zero-order valence-electron chi connectivity index (χ0n) is 9.30. The molecule has 0 radical (unpaired) electrons. The average Bonchev–Trinajstić information content (AvgIpc) is 3.06. The second-order valence-corrected chi connectivity index (χ2v) is 3.91. The van der Waals surface area contributed by atoms with E-state index in [1.54, 1.807) is 6.92 Å². The predicted octanol–water partition coefficient (Wildman–Crippen LogP) is 2.69. The average molecular weight is 239 g/mol. The van der Waals surface area contributed by atoms with Crippen LogP contribution in [-0.4, -0.2) is 12.7 Å². The van der Waals surface area contributed by atoms with Crippen molar-refractivity contribution in [1.82, 2.24) is 0 Å². The first-order valence-corrected chi connectivity index (χ1v) is 5.35. The third-order valence-electron chi connectivity index (χ3n) is 2.83. The van der Waals surface area contributed by atoms with Crippen molar-refractivity contribution in [2.45, 2.75) is 25.3 Å². The van der Waals surface area contributed by atoms with Crippen LogP contribution in [0, 0.1) is 11.6 Å². The minimum Gasteiger partial charge on any atom is -0.491 e. The summed E-state index contributed by atoms with van der Waals surface area (Å²) in [6.45, 7) is 1.94. The third-order valence-corrected chi connectivity index (χ3v) is 2.83. The Kier molecular flexibility index (Phi) is 2.94. The summed E-state index contributed by atoms with van der Waals surface area (Å²) in [5.74, 6) is -2.15. The van der Waals surface area contributed by atoms with E-state index in [4.69, 9.17) is 4.74 Å². The van der Waals surface area contributed by atoms with Crippen LogP contribution >= 0.6 is 0 Å². The van der Waals surface area contributed by atoms with Crippen LogP contribution < -0.4 is 4.74 Å². The topological polar surface area (TPSA) is 38.7 Å². The second-order valence-electron chi connectivity index (χ2n) is 3.91. The molecular formula is C12H11F2NO2. The van der Waals surface area contributed by atoms with Crippen LogP contribution in [0.15, 0.2) is 17.1 Å². The van der Waals surface area contributed by atoms with E-state index in [2.05, 4.69) is 4.99 Å². The molecule has 0 N–H and O–H groups in total. The lowest BCUT2D eigenvalue weighted by Gasteiger charge is -2.12. The number of carbonyl (C=O) groups excluding carboxylic acids is 1. The lowest BCUT2D eigenvalue weighted by atomic mass is 10.0. The molecule has 0 aromatic heterocycles. The number of isocyanates is 1. The van der Waals surface area contributed by atoms with E-state index >= 15 is 0 Å². The maximum absolute atomic E-state index is 13.8. The summed E-state index contributed by atoms with van der Waals surface area (Å²) in [6.07, 6.45) is 2.48. The Bertz CT molecular complexity index is 492. The van der Waals surface area contributed by atoms with E-state index in [1.165, 1.54) is 18.2 Å². The van der Waals surface area contributed by atoms with Gasteiger partial charge in [0.1, 0.15) is 5.54 Å². The van der Waals surface area contributed by atoms with E-state index in [9.17, 15) is 13.6 Å². The molecule has 90 valence electrons. The minimum absolute atomic E-state index is 0.0989. The SMILES string of the molecule is CCOc1ccc(C2(N=C=O)CC2)c(F)c1F. The molecule has 0 aliphatic heterocycles. The predicted molar refractivity (Wildman–Crippen MR) is 56.6 cm³/mol. The number of rotatable bonds is 4. The van der Waals surface area contributed by atoms with E-state index in [0.717, 1.165) is 0 Å². The first kappa shape index (κ1) is 11.7. The zero-order valence-corrected chi connectivity index (χ0v) is 9.30. The van der Waals surface area contributed by atoms with E-state index in [-0.39, 0.29) is 17.9 Å². The molecule has 5 heteroatoms. The van der Waals surface area contributed by atoms with Crippen molar-refractivity contribution >= 4 is 6.08 Å². The molecule has 0 heterocycles. The summed E-state index contributed by atoms with van der Waals surface area (Å²) in [4.78, 5) is 13.8. The van der Waals surface area contributed by atoms with Crippen molar-refractivity contribution in [3.8, 4) is 5.75 Å². The molecule has 0 bridgehead atoms. The molecule has 1 aliphatic rings. The van der Waals surface area contributed by atoms with Gasteiger partial charge in [-0.05, 0) is 31.9 Å². The Morgan fingerprint density at radius 2 is 2.12 bits per heavy atom. The highest BCUT2D eigenvalue weighted by molar-refractivity contribution is 5.43. The van der Waals surface area contributed by atoms with Gasteiger partial charge in [0.2, 0.25) is 11.9 Å². The highest BCUT2D eigenvalue weighted by atomic mass is 19.2. The number of ether oxygens (including phenoxy) is 1. The van der Waals surface area contributed by atoms with E-state index in [1.807, 2.05) is 0 Å². The summed E-state index contributed by atoms with van der Waals surface area (Å²) in [7, 11) is 0. The molecule has 1 aromatic rings. The summed E-state index contributed by atoms with van der Waals surface area (Å²) in [6, 6.07) is 2.77. The Morgan fingerprint density at radius 1 is 1.41 bits per heavy atom. The van der Waals surface area contributed by atoms with Gasteiger partial charge in [0.25, 0.3) is 0 Å². The third kappa shape index (κ3) is 1.94. The maximum atomic E-state index is 13.8. The molecule has 0 amide bonds. The summed E-state index contributed by atoms with van der Waals surface area (Å²) < 4.78 is 32.3. The monoisotopic (exact) mass is 239 g/mol. The van der Waals surface area contributed by atoms with Gasteiger partial charge in [-0.25, -0.2) is 9.18 Å². The van der Waals surface area contributed by atoms with Crippen LogP contribution in [0.1, 0.15) is 25.3 Å². The van der Waals surface area contributed by atoms with Crippen LogP contribution in [0.4, 0.5) is 8.78 Å². The lowest BCUT2D eigenvalue weighted by Crippen LogP contribution is -2.08. The molecule has 2 rings (SSSR count). The quantitative estimate of drug-likeness (QED) is 0.598. The molecule has 0 spiro atoms. The highest BCUT2D eigenvalue weighted by Gasteiger charge is 2.47. The molecule has 3 nitrogen and oxygen atoms in total. The van der Waals surface area contributed by atoms with Crippen LogP contribution in [0.2, 0.25) is 0 Å². The molecular weight excluding hydrogens is 228 g/mol. The van der Waals surface area contributed by atoms with Crippen molar-refractivity contribution in [3.05, 3.63) is 29.3 Å². The molecule has 1 fully saturated rings. The molecule has 1 saturated carbocycles. The molecule has 17 heavy (non-hydrogen) atoms. The Hall–Kier alpha value is -1.74. The number of nitrogens with zero attached hydrogens (tertiary/aromatic N) is 1. The van der Waals surface area contributed by atoms with Gasteiger partial charge < -0.3 is 4.74 Å². The Labute approximate surface area is 97.1 Å². The summed E-state index contributed by atoms with van der Waals surface area (Å²) in [5, 5.41) is 0. The van der Waals surface area contributed by atoms with Gasteiger partial charge in [0.05, 0.1) is 6.61 Å². The zero-order chi connectivity index (χ0) is 12.5. The first-order valence-electron chi connectivity index (χ1n) is 5.35. The smallest absolute Gasteiger partial charge is 0.235 e. The van der Waals surface area contributed by atoms with Gasteiger partial charge in [0.15, 0.2) is 11.6 Å². The molecule has 1 aliphatic carbocycles. The number of aliphatic imine (C=N–C) groups is 1. The van der Waals surface area contributed by atoms with Gasteiger partial charge in [0, 0.05) is 5.56 Å². The van der Waals surface area contributed by atoms with Crippen molar-refractivity contribution in [1.29, 1.82) is 0 Å². The fourth-order valence-corrected chi connectivity index (χ4v) is 1.81. The second kappa shape index (κ2) is 4.26. The van der Waals surface area contributed by atoms with Crippen molar-refractivity contribution in [3.63, 3.8) is 0 Å². The van der Waals surface area contributed by atoms with Gasteiger partial charge in [-0.15, -0.1) is 0 Å². The van der Waals surface area contributed by atoms with E-state index < -0.39 is 17.2 Å². The van der Waals surface area contributed by atoms with Crippen LogP contribution in [-0.2, 0) is 10.3 Å². The first-order chi connectivity index (χ1) is 8.14. The largest absolute Gasteiger partial charge is 0.491 e. The van der Waals surface area contributed by atoms with Crippen molar-refractivity contribution in [2.75, 3.05) is 6.61 Å². The molecule has 1 aromatic carbocycles. The number of hydrogen-bond acceptors (Lipinski definition) is 3. The molecule has 0 atom stereocenters. The molecule has 0 unspecified atom stereocenters. The summed E-state index contributed by atoms with van der Waals surface area (Å²) >= 11 is 0. The van der Waals surface area contributed by atoms with Gasteiger partial charge in [-0.3, -0.25) is 0 Å². The van der Waals surface area contributed by atoms with Crippen molar-refractivity contribution in [2.24, 2.45) is 4.99 Å². The number of halogens is 2. The van der Waals surface area contributed by atoms with Crippen LogP contribution in [0.3, 0.4) is 0 Å². The fraction of sp³-hybridized carbons (Fsp3) is 0.417. The lowest BCUT2D eigenvalue weighted by molar-refractivity contribution is 0.312. The normalized spacial score (nSPS) is 16.2. The highest BCUT2D eigenvalue weighted by Crippen LogP contribution is 2.50. The van der Waals surface area contributed by atoms with Gasteiger partial charge >= 0.3 is 0 Å². The fourth-order valence-electron chi connectivity index (χ4n) is 1.81. The van der Waals surface area contributed by atoms with Gasteiger partial charge in [-0.1, -0.05) is 0 Å². The Balaban J connectivity index is 2.44. The van der Waals surface area contributed by atoms with Gasteiger partial charge in [-0.2, -0.15) is 9.38 Å². The van der Waals surface area contributed by atoms with Crippen molar-refractivity contribution < 1.29 is 18.3 Å². The molecule has 0 saturated heterocycles. The number of benzene rings is 1. The van der Waals surface area contributed by atoms with Crippen LogP contribution in [0.5, 0.6) is 5.75 Å². The standard InChI is InChI=1S/C12H11F2NO2/c1-2-17-9-4-3-8(10(13)11(9)14)12(5-6-12)15-7-16/h3-4H,2,5-6H2,1H3. The number of hydrogen-bond donors (Lipinski definition) is 0. The Morgan fingerprint density at radius 3 is 2.65 bits per heavy atom. The maximum Gasteiger partial charge on any atom is 0.235 e. The van der Waals surface area contributed by atoms with Crippen LogP contribution in [0.25, 0.3) is 0 Å². The minimum atomic E-state index is -1.03. The summed E-state index contributed by atoms with van der Waals surface area (Å²) in [5.41, 5.74) is -0.806.